The molecule has 0 unspecified atom stereocenters. The molecule has 0 aliphatic carbocycles. The third-order valence-electron chi connectivity index (χ3n) is 1.84. The van der Waals surface area contributed by atoms with Crippen molar-refractivity contribution in [1.82, 2.24) is 0 Å². The standard InChI is InChI=1S/C8H2ClF2NO2/c9-5-2(10)1-3(11)6-4(5)7(13)8(14)12-6/h1H,(H,12,13,14). The normalized spacial score (nSPS) is 14.2. The monoisotopic (exact) mass is 217 g/mol. The Bertz CT molecular complexity index is 473. The van der Waals surface area contributed by atoms with Gasteiger partial charge in [0.2, 0.25) is 0 Å². The van der Waals surface area contributed by atoms with Gasteiger partial charge in [0.1, 0.15) is 5.82 Å². The molecule has 6 heteroatoms. The molecule has 0 saturated carbocycles. The predicted octanol–water partition coefficient (Wildman–Crippen LogP) is 1.75. The maximum Gasteiger partial charge on any atom is 0.297 e. The summed E-state index contributed by atoms with van der Waals surface area (Å²) in [5, 5.41) is 1.43. The number of fused-ring (bicyclic) bond motifs is 1. The van der Waals surface area contributed by atoms with Crippen LogP contribution in [0.2, 0.25) is 5.02 Å². The van der Waals surface area contributed by atoms with Gasteiger partial charge in [0.15, 0.2) is 5.82 Å². The Hall–Kier alpha value is -1.49. The number of hydrogen-bond acceptors (Lipinski definition) is 2. The van der Waals surface area contributed by atoms with Crippen molar-refractivity contribution in [3.63, 3.8) is 0 Å². The molecule has 0 radical (unpaired) electrons. The van der Waals surface area contributed by atoms with E-state index in [1.165, 1.54) is 0 Å². The number of amides is 1. The molecule has 0 spiro atoms. The highest BCUT2D eigenvalue weighted by molar-refractivity contribution is 6.54. The van der Waals surface area contributed by atoms with Crippen LogP contribution in [0.15, 0.2) is 6.07 Å². The minimum atomic E-state index is -1.06. The largest absolute Gasteiger partial charge is 0.316 e. The summed E-state index contributed by atoms with van der Waals surface area (Å²) in [6.45, 7) is 0. The lowest BCUT2D eigenvalue weighted by Gasteiger charge is -2.01. The van der Waals surface area contributed by atoms with Crippen molar-refractivity contribution < 1.29 is 18.4 Å². The van der Waals surface area contributed by atoms with Gasteiger partial charge >= 0.3 is 0 Å². The van der Waals surface area contributed by atoms with Crippen LogP contribution >= 0.6 is 11.6 Å². The third-order valence-corrected chi connectivity index (χ3v) is 2.21. The van der Waals surface area contributed by atoms with Gasteiger partial charge in [-0.05, 0) is 0 Å². The summed E-state index contributed by atoms with van der Waals surface area (Å²) in [6, 6.07) is 0.514. The Kier molecular flexibility index (Phi) is 1.78. The highest BCUT2D eigenvalue weighted by atomic mass is 35.5. The van der Waals surface area contributed by atoms with Gasteiger partial charge in [-0.2, -0.15) is 0 Å². The van der Waals surface area contributed by atoms with E-state index in [1.807, 2.05) is 5.32 Å². The number of halogens is 3. The minimum Gasteiger partial charge on any atom is -0.316 e. The Morgan fingerprint density at radius 2 is 1.86 bits per heavy atom. The quantitative estimate of drug-likeness (QED) is 0.532. The number of benzene rings is 1. The molecule has 1 N–H and O–H groups in total. The van der Waals surface area contributed by atoms with Gasteiger partial charge in [0, 0.05) is 6.07 Å². The van der Waals surface area contributed by atoms with Gasteiger partial charge in [0.05, 0.1) is 16.3 Å². The topological polar surface area (TPSA) is 46.2 Å². The van der Waals surface area contributed by atoms with Crippen LogP contribution in [0.5, 0.6) is 0 Å². The molecule has 0 aromatic heterocycles. The van der Waals surface area contributed by atoms with E-state index in [1.54, 1.807) is 0 Å². The molecule has 0 fully saturated rings. The molecule has 14 heavy (non-hydrogen) atoms. The SMILES string of the molecule is O=C1Nc2c(F)cc(F)c(Cl)c2C1=O. The number of rotatable bonds is 0. The fraction of sp³-hybridized carbons (Fsp3) is 0. The van der Waals surface area contributed by atoms with Crippen LogP contribution in [0.1, 0.15) is 10.4 Å². The molecule has 3 nitrogen and oxygen atoms in total. The highest BCUT2D eigenvalue weighted by Crippen LogP contribution is 2.34. The molecule has 0 saturated heterocycles. The van der Waals surface area contributed by atoms with Crippen LogP contribution in [-0.2, 0) is 4.79 Å². The molecule has 1 aliphatic rings. The zero-order valence-electron chi connectivity index (χ0n) is 6.53. The molecule has 1 amide bonds. The number of nitrogens with one attached hydrogen (secondary N) is 1. The van der Waals surface area contributed by atoms with Crippen LogP contribution < -0.4 is 5.32 Å². The summed E-state index contributed by atoms with van der Waals surface area (Å²) >= 11 is 5.42. The summed E-state index contributed by atoms with van der Waals surface area (Å²) in [6.07, 6.45) is 0. The lowest BCUT2D eigenvalue weighted by molar-refractivity contribution is -0.112. The predicted molar refractivity (Wildman–Crippen MR) is 44.3 cm³/mol. The molecule has 0 bridgehead atoms. The number of carbonyl (C=O) groups excluding carboxylic acids is 2. The van der Waals surface area contributed by atoms with Crippen molar-refractivity contribution in [2.45, 2.75) is 0 Å². The van der Waals surface area contributed by atoms with Crippen molar-refractivity contribution in [1.29, 1.82) is 0 Å². The van der Waals surface area contributed by atoms with E-state index >= 15 is 0 Å². The van der Waals surface area contributed by atoms with Crippen molar-refractivity contribution >= 4 is 29.0 Å². The summed E-state index contributed by atoms with van der Waals surface area (Å²) in [5.41, 5.74) is -0.791. The van der Waals surface area contributed by atoms with E-state index in [4.69, 9.17) is 11.6 Å². The van der Waals surface area contributed by atoms with E-state index in [-0.39, 0.29) is 5.69 Å². The van der Waals surface area contributed by atoms with Crippen LogP contribution in [0.25, 0.3) is 0 Å². The molecule has 2 rings (SSSR count). The maximum atomic E-state index is 13.0. The summed E-state index contributed by atoms with van der Waals surface area (Å²) in [7, 11) is 0. The Balaban J connectivity index is 2.80. The first-order valence-electron chi connectivity index (χ1n) is 3.55. The first kappa shape index (κ1) is 9.08. The highest BCUT2D eigenvalue weighted by Gasteiger charge is 2.34. The van der Waals surface area contributed by atoms with Crippen LogP contribution in [-0.4, -0.2) is 11.7 Å². The molecule has 72 valence electrons. The van der Waals surface area contributed by atoms with E-state index in [0.29, 0.717) is 6.07 Å². The Morgan fingerprint density at radius 1 is 1.21 bits per heavy atom. The second kappa shape index (κ2) is 2.75. The summed E-state index contributed by atoms with van der Waals surface area (Å²) < 4.78 is 25.9. The average Bonchev–Trinajstić information content (AvgIpc) is 2.41. The number of Topliss-reactive ketones (excluding diaryl/α,β-unsaturated/α-hetero) is 1. The average molecular weight is 218 g/mol. The number of hydrogen-bond donors (Lipinski definition) is 1. The summed E-state index contributed by atoms with van der Waals surface area (Å²) in [4.78, 5) is 21.9. The van der Waals surface area contributed by atoms with E-state index in [2.05, 4.69) is 0 Å². The Morgan fingerprint density at radius 3 is 2.50 bits per heavy atom. The maximum absolute atomic E-state index is 13.0. The van der Waals surface area contributed by atoms with E-state index in [9.17, 15) is 18.4 Å². The van der Waals surface area contributed by atoms with Crippen LogP contribution in [0, 0.1) is 11.6 Å². The first-order chi connectivity index (χ1) is 6.52. The Labute approximate surface area is 81.7 Å². The van der Waals surface area contributed by atoms with Crippen molar-refractivity contribution in [3.8, 4) is 0 Å². The smallest absolute Gasteiger partial charge is 0.297 e. The third kappa shape index (κ3) is 1.02. The summed E-state index contributed by atoms with van der Waals surface area (Å²) in [5.74, 6) is -4.11. The van der Waals surface area contributed by atoms with E-state index < -0.39 is 33.9 Å². The van der Waals surface area contributed by atoms with Crippen LogP contribution in [0.3, 0.4) is 0 Å². The van der Waals surface area contributed by atoms with Crippen LogP contribution in [0.4, 0.5) is 14.5 Å². The van der Waals surface area contributed by atoms with Gasteiger partial charge in [0.25, 0.3) is 11.7 Å². The molecule has 0 atom stereocenters. The molecule has 1 aromatic rings. The zero-order valence-corrected chi connectivity index (χ0v) is 7.28. The molecule has 1 aromatic carbocycles. The van der Waals surface area contributed by atoms with E-state index in [0.717, 1.165) is 0 Å². The van der Waals surface area contributed by atoms with Crippen molar-refractivity contribution in [2.75, 3.05) is 5.32 Å². The number of carbonyl (C=O) groups is 2. The van der Waals surface area contributed by atoms with Crippen molar-refractivity contribution in [3.05, 3.63) is 28.3 Å². The second-order valence-electron chi connectivity index (χ2n) is 2.69. The molecular formula is C8H2ClF2NO2. The van der Waals surface area contributed by atoms with Gasteiger partial charge in [-0.1, -0.05) is 11.6 Å². The van der Waals surface area contributed by atoms with Gasteiger partial charge in [-0.3, -0.25) is 9.59 Å². The second-order valence-corrected chi connectivity index (χ2v) is 3.07. The fourth-order valence-corrected chi connectivity index (χ4v) is 1.45. The minimum absolute atomic E-state index is 0.355. The lowest BCUT2D eigenvalue weighted by atomic mass is 10.1. The molecular weight excluding hydrogens is 216 g/mol. The van der Waals surface area contributed by atoms with Crippen molar-refractivity contribution in [2.24, 2.45) is 0 Å². The fourth-order valence-electron chi connectivity index (χ4n) is 1.21. The lowest BCUT2D eigenvalue weighted by Crippen LogP contribution is -2.12. The van der Waals surface area contributed by atoms with Gasteiger partial charge < -0.3 is 5.32 Å². The number of ketones is 1. The van der Waals surface area contributed by atoms with Gasteiger partial charge in [-0.15, -0.1) is 0 Å². The zero-order chi connectivity index (χ0) is 10.5. The number of anilines is 1. The molecule has 1 heterocycles. The van der Waals surface area contributed by atoms with Gasteiger partial charge in [-0.25, -0.2) is 8.78 Å². The first-order valence-corrected chi connectivity index (χ1v) is 3.93. The molecule has 1 aliphatic heterocycles.